The number of benzene rings is 4. The minimum absolute atomic E-state index is 0.0214. The number of amides is 4. The predicted octanol–water partition coefficient (Wildman–Crippen LogP) is 7.66. The molecule has 8 rings (SSSR count). The van der Waals surface area contributed by atoms with Gasteiger partial charge in [0.2, 0.25) is 23.6 Å². The maximum absolute atomic E-state index is 14.0. The number of aliphatic hydroxyl groups excluding tert-OH is 1. The van der Waals surface area contributed by atoms with Crippen LogP contribution >= 0.6 is 11.3 Å². The smallest absolute Gasteiger partial charge is 0.249 e. The lowest BCUT2D eigenvalue weighted by molar-refractivity contribution is -0.144. The number of thiazole rings is 1. The van der Waals surface area contributed by atoms with Gasteiger partial charge in [-0.05, 0) is 91.6 Å². The number of rotatable bonds is 24. The van der Waals surface area contributed by atoms with Crippen LogP contribution in [-0.2, 0) is 41.7 Å². The first-order valence-corrected chi connectivity index (χ1v) is 26.2. The van der Waals surface area contributed by atoms with E-state index in [0.717, 1.165) is 78.7 Å². The number of nitrogens with two attached hydrogens (primary N) is 1. The minimum atomic E-state index is -0.973. The Balaban J connectivity index is 0.739. The Bertz CT molecular complexity index is 3090. The quantitative estimate of drug-likeness (QED) is 0.0429. The van der Waals surface area contributed by atoms with Crippen molar-refractivity contribution in [1.29, 1.82) is 0 Å². The van der Waals surface area contributed by atoms with Crippen LogP contribution in [0.1, 0.15) is 78.7 Å². The summed E-state index contributed by atoms with van der Waals surface area (Å²) in [5, 5.41) is 22.1. The molecule has 1 fully saturated rings. The Morgan fingerprint density at radius 2 is 1.56 bits per heavy atom. The topological polar surface area (TPSA) is 223 Å². The molecule has 17 nitrogen and oxygen atoms in total. The minimum Gasteiger partial charge on any atom is -0.494 e. The summed E-state index contributed by atoms with van der Waals surface area (Å²) in [7, 11) is 0. The highest BCUT2D eigenvalue weighted by Gasteiger charge is 2.44. The zero-order valence-corrected chi connectivity index (χ0v) is 44.3. The number of aliphatic hydroxyl groups is 1. The molecule has 0 spiro atoms. The van der Waals surface area contributed by atoms with Crippen LogP contribution < -0.4 is 21.1 Å². The van der Waals surface area contributed by atoms with E-state index in [1.54, 1.807) is 11.3 Å². The van der Waals surface area contributed by atoms with Crippen LogP contribution in [0.15, 0.2) is 95.0 Å². The molecule has 0 aliphatic carbocycles. The highest BCUT2D eigenvalue weighted by molar-refractivity contribution is 7.13. The van der Waals surface area contributed by atoms with Gasteiger partial charge in [0.15, 0.2) is 0 Å². The van der Waals surface area contributed by atoms with Gasteiger partial charge in [0.25, 0.3) is 0 Å². The van der Waals surface area contributed by atoms with Crippen LogP contribution in [0.5, 0.6) is 5.75 Å². The SMILES string of the molecule is Cc1ncsc1-c1ccc(CNC(=O)[C@@H]2C[C@@H](O)CN2C(=O)C(NC(=O)COCCOCCOCCCCOc2ccc3c(c2)c2c(C(N)=O)cc(-c4c(C)noc4C)cc2n3Cc2ccccc2)C(C)(C)C)cc1. The van der Waals surface area contributed by atoms with E-state index in [2.05, 4.69) is 43.5 Å². The number of carbonyl (C=O) groups is 4. The van der Waals surface area contributed by atoms with E-state index >= 15 is 0 Å². The molecule has 0 bridgehead atoms. The normalized spacial score (nSPS) is 15.2. The van der Waals surface area contributed by atoms with Gasteiger partial charge >= 0.3 is 0 Å². The summed E-state index contributed by atoms with van der Waals surface area (Å²) in [6.07, 6.45) is 0.730. The van der Waals surface area contributed by atoms with Crippen molar-refractivity contribution in [2.45, 2.75) is 92.1 Å². The van der Waals surface area contributed by atoms with Crippen LogP contribution in [0.3, 0.4) is 0 Å². The van der Waals surface area contributed by atoms with Gasteiger partial charge in [0.05, 0.1) is 66.4 Å². The maximum Gasteiger partial charge on any atom is 0.249 e. The third-order valence-electron chi connectivity index (χ3n) is 13.3. The number of hydrogen-bond acceptors (Lipinski definition) is 13. The van der Waals surface area contributed by atoms with Gasteiger partial charge < -0.3 is 54.4 Å². The number of ether oxygens (including phenoxy) is 4. The molecule has 0 saturated carbocycles. The van der Waals surface area contributed by atoms with Gasteiger partial charge in [-0.25, -0.2) is 4.98 Å². The summed E-state index contributed by atoms with van der Waals surface area (Å²) in [5.74, 6) is -0.502. The van der Waals surface area contributed by atoms with Gasteiger partial charge in [-0.3, -0.25) is 19.2 Å². The molecule has 396 valence electrons. The molecule has 3 atom stereocenters. The number of aryl methyl sites for hydroxylation is 3. The van der Waals surface area contributed by atoms with Crippen LogP contribution in [0.25, 0.3) is 43.4 Å². The van der Waals surface area contributed by atoms with Gasteiger partial charge in [0, 0.05) is 60.1 Å². The third-order valence-corrected chi connectivity index (χ3v) is 14.3. The zero-order chi connectivity index (χ0) is 53.2. The zero-order valence-electron chi connectivity index (χ0n) is 43.5. The van der Waals surface area contributed by atoms with Crippen molar-refractivity contribution in [2.75, 3.05) is 52.8 Å². The third kappa shape index (κ3) is 13.3. The lowest BCUT2D eigenvalue weighted by Crippen LogP contribution is -2.58. The van der Waals surface area contributed by atoms with E-state index in [1.807, 2.05) is 114 Å². The van der Waals surface area contributed by atoms with Gasteiger partial charge in [-0.2, -0.15) is 0 Å². The van der Waals surface area contributed by atoms with Gasteiger partial charge in [0.1, 0.15) is 30.2 Å². The summed E-state index contributed by atoms with van der Waals surface area (Å²) in [4.78, 5) is 60.4. The standard InChI is InChI=1S/C57H67N7O10S/c1-35-50(37(3)74-62-35)41-26-45(54(58)67)51-44-29-43(18-19-46(44)63(47(51)27-41)31-39-12-8-7-9-13-39)73-21-11-10-20-70-22-23-71-24-25-72-33-49(66)61-53(57(4,5)6)56(69)64-32-42(65)28-48(64)55(68)59-30-38-14-16-40(17-15-38)52-36(2)60-34-75-52/h7-9,12-19,26-27,29,34,42,48,53,65H,10-11,20-25,28,30-33H2,1-6H3,(H2,58,67)(H,59,68)(H,61,66)/t42-,48+,53?/m1/s1. The fourth-order valence-corrected chi connectivity index (χ4v) is 10.4. The molecule has 18 heteroatoms. The van der Waals surface area contributed by atoms with E-state index in [9.17, 15) is 24.3 Å². The summed E-state index contributed by atoms with van der Waals surface area (Å²) < 4.78 is 30.9. The second-order valence-electron chi connectivity index (χ2n) is 20.0. The fourth-order valence-electron chi connectivity index (χ4n) is 9.55. The monoisotopic (exact) mass is 1040 g/mol. The molecule has 75 heavy (non-hydrogen) atoms. The van der Waals surface area contributed by atoms with Crippen LogP contribution in [-0.4, -0.2) is 119 Å². The molecule has 0 radical (unpaired) electrons. The van der Waals surface area contributed by atoms with Crippen molar-refractivity contribution in [3.05, 3.63) is 124 Å². The first-order chi connectivity index (χ1) is 36.1. The van der Waals surface area contributed by atoms with E-state index in [0.29, 0.717) is 50.0 Å². The maximum atomic E-state index is 14.0. The number of β-amino-alcohol motifs (C(OH)–C–C–N with tert-alkyl or cyclic N) is 1. The average Bonchev–Trinajstić information content (AvgIpc) is 4.19. The molecule has 1 saturated heterocycles. The number of likely N-dealkylation sites (tertiary alicyclic amines) is 1. The Hall–Kier alpha value is -6.96. The highest BCUT2D eigenvalue weighted by Crippen LogP contribution is 2.39. The number of unbranched alkanes of at least 4 members (excludes halogenated alkanes) is 1. The Kier molecular flexibility index (Phi) is 17.8. The largest absolute Gasteiger partial charge is 0.494 e. The van der Waals surface area contributed by atoms with Crippen molar-refractivity contribution in [3.63, 3.8) is 0 Å². The number of primary amides is 1. The molecule has 5 N–H and O–H groups in total. The van der Waals surface area contributed by atoms with Gasteiger partial charge in [-0.15, -0.1) is 11.3 Å². The second-order valence-corrected chi connectivity index (χ2v) is 20.9. The number of carbonyl (C=O) groups excluding carboxylic acids is 4. The summed E-state index contributed by atoms with van der Waals surface area (Å²) in [6.45, 7) is 13.8. The molecule has 4 aromatic carbocycles. The van der Waals surface area contributed by atoms with Crippen molar-refractivity contribution < 1.29 is 47.8 Å². The molecule has 3 aromatic heterocycles. The first kappa shape index (κ1) is 54.3. The van der Waals surface area contributed by atoms with Crippen molar-refractivity contribution in [2.24, 2.45) is 11.1 Å². The predicted molar refractivity (Wildman–Crippen MR) is 287 cm³/mol. The molecular formula is C57H67N7O10S. The number of hydrogen-bond donors (Lipinski definition) is 4. The van der Waals surface area contributed by atoms with Gasteiger partial charge in [-0.1, -0.05) is 80.5 Å². The Labute approximate surface area is 440 Å². The number of fused-ring (bicyclic) bond motifs is 3. The summed E-state index contributed by atoms with van der Waals surface area (Å²) in [6, 6.07) is 26.0. The summed E-state index contributed by atoms with van der Waals surface area (Å²) in [5.41, 5.74) is 15.8. The Morgan fingerprint density at radius 1 is 0.840 bits per heavy atom. The van der Waals surface area contributed by atoms with Crippen molar-refractivity contribution in [1.82, 2.24) is 30.2 Å². The summed E-state index contributed by atoms with van der Waals surface area (Å²) >= 11 is 1.57. The number of nitrogens with zero attached hydrogens (tertiary/aromatic N) is 4. The molecule has 7 aromatic rings. The van der Waals surface area contributed by atoms with E-state index in [1.165, 1.54) is 4.90 Å². The fraction of sp³-hybridized carbons (Fsp3) is 0.404. The molecule has 1 aliphatic rings. The first-order valence-electron chi connectivity index (χ1n) is 25.4. The Morgan fingerprint density at radius 3 is 2.24 bits per heavy atom. The van der Waals surface area contributed by atoms with E-state index in [4.69, 9.17) is 29.2 Å². The molecule has 4 amide bonds. The van der Waals surface area contributed by atoms with Crippen LogP contribution in [0.2, 0.25) is 0 Å². The van der Waals surface area contributed by atoms with E-state index in [-0.39, 0.29) is 45.2 Å². The molecule has 4 heterocycles. The van der Waals surface area contributed by atoms with Crippen LogP contribution in [0.4, 0.5) is 0 Å². The average molecular weight is 1040 g/mol. The van der Waals surface area contributed by atoms with Crippen molar-refractivity contribution >= 4 is 56.8 Å². The number of nitrogens with one attached hydrogen (secondary N) is 2. The second kappa shape index (κ2) is 24.6. The molecule has 1 aliphatic heterocycles. The number of aromatic nitrogens is 3. The molecule has 1 unspecified atom stereocenters. The lowest BCUT2D eigenvalue weighted by atomic mass is 9.85. The lowest BCUT2D eigenvalue weighted by Gasteiger charge is -2.35. The molecular weight excluding hydrogens is 975 g/mol. The highest BCUT2D eigenvalue weighted by atomic mass is 32.1. The van der Waals surface area contributed by atoms with E-state index < -0.39 is 41.3 Å². The van der Waals surface area contributed by atoms with Crippen LogP contribution in [0, 0.1) is 26.2 Å². The van der Waals surface area contributed by atoms with Crippen molar-refractivity contribution in [3.8, 4) is 27.3 Å².